The molecule has 1 aromatic rings. The van der Waals surface area contributed by atoms with Crippen LogP contribution in [0, 0.1) is 5.92 Å². The smallest absolute Gasteiger partial charge is 0.248 e. The molecule has 0 atom stereocenters. The lowest BCUT2D eigenvalue weighted by Gasteiger charge is -2.05. The molecule has 0 aliphatic rings. The van der Waals surface area contributed by atoms with E-state index in [1.54, 1.807) is 0 Å². The molecule has 0 spiro atoms. The van der Waals surface area contributed by atoms with Crippen LogP contribution in [0.15, 0.2) is 12.4 Å². The van der Waals surface area contributed by atoms with Crippen molar-refractivity contribution >= 4 is 0 Å². The van der Waals surface area contributed by atoms with Crippen molar-refractivity contribution in [2.75, 3.05) is 0 Å². The van der Waals surface area contributed by atoms with Gasteiger partial charge in [-0.2, -0.15) is 0 Å². The Bertz CT molecular complexity index is 463. The molecule has 0 saturated heterocycles. The summed E-state index contributed by atoms with van der Waals surface area (Å²) in [5.74, 6) is 2.31. The number of aromatic nitrogens is 2. The van der Waals surface area contributed by atoms with E-state index in [1.165, 1.54) is 141 Å². The van der Waals surface area contributed by atoms with Crippen LogP contribution in [0.1, 0.15) is 149 Å². The van der Waals surface area contributed by atoms with Crippen LogP contribution >= 0.6 is 0 Å². The van der Waals surface area contributed by atoms with Gasteiger partial charge < -0.3 is 0 Å². The van der Waals surface area contributed by atoms with Crippen molar-refractivity contribution in [3.8, 4) is 0 Å². The molecule has 0 radical (unpaired) electrons. The van der Waals surface area contributed by atoms with Crippen LogP contribution in [0.4, 0.5) is 0 Å². The summed E-state index contributed by atoms with van der Waals surface area (Å²) in [6.45, 7) is 8.17. The molecule has 0 bridgehead atoms. The van der Waals surface area contributed by atoms with Gasteiger partial charge in [0.25, 0.3) is 5.82 Å². The number of aryl methyl sites for hydroxylation is 2. The van der Waals surface area contributed by atoms with Crippen LogP contribution in [0.25, 0.3) is 0 Å². The summed E-state index contributed by atoms with van der Waals surface area (Å²) >= 11 is 0. The number of unbranched alkanes of at least 4 members (excludes halogenated alkanes) is 16. The van der Waals surface area contributed by atoms with Gasteiger partial charge in [-0.1, -0.05) is 124 Å². The molecule has 0 aromatic carbocycles. The van der Waals surface area contributed by atoms with Crippen LogP contribution in [0.5, 0.6) is 0 Å². The van der Waals surface area contributed by atoms with Crippen molar-refractivity contribution in [1.29, 1.82) is 0 Å². The van der Waals surface area contributed by atoms with E-state index in [-0.39, 0.29) is 0 Å². The fourth-order valence-corrected chi connectivity index (χ4v) is 4.50. The lowest BCUT2D eigenvalue weighted by atomic mass is 10.0. The molecule has 2 heteroatoms. The van der Waals surface area contributed by atoms with Gasteiger partial charge in [-0.05, 0) is 25.2 Å². The molecule has 0 unspecified atom stereocenters. The molecule has 30 heavy (non-hydrogen) atoms. The van der Waals surface area contributed by atoms with Crippen molar-refractivity contribution in [3.63, 3.8) is 0 Å². The van der Waals surface area contributed by atoms with E-state index >= 15 is 0 Å². The zero-order valence-electron chi connectivity index (χ0n) is 21.0. The predicted molar refractivity (Wildman–Crippen MR) is 133 cm³/mol. The van der Waals surface area contributed by atoms with E-state index < -0.39 is 0 Å². The highest BCUT2D eigenvalue weighted by Crippen LogP contribution is 2.13. The SMILES string of the molecule is CCCCCCCCCCCCCCC[n+]1cc[nH]c1CCCCCCCC(C)C. The number of nitrogens with zero attached hydrogens (tertiary/aromatic N) is 1. The fourth-order valence-electron chi connectivity index (χ4n) is 4.50. The number of hydrogen-bond donors (Lipinski definition) is 1. The van der Waals surface area contributed by atoms with E-state index in [9.17, 15) is 0 Å². The average Bonchev–Trinajstić information content (AvgIpc) is 3.17. The van der Waals surface area contributed by atoms with Gasteiger partial charge in [0.05, 0.1) is 6.54 Å². The highest BCUT2D eigenvalue weighted by molar-refractivity contribution is 4.77. The Balaban J connectivity index is 1.91. The largest absolute Gasteiger partial charge is 0.254 e. The van der Waals surface area contributed by atoms with Gasteiger partial charge in [0, 0.05) is 6.42 Å². The standard InChI is InChI=1S/C28H54N2/c1-4-5-6-7-8-9-10-11-12-13-14-18-21-25-30-26-24-29-28(30)23-20-17-15-16-19-22-27(2)3/h24,26-27H,4-23,25H2,1-3H3/p+1. The summed E-state index contributed by atoms with van der Waals surface area (Å²) < 4.78 is 2.47. The second-order valence-electron chi connectivity index (χ2n) is 10.0. The Kier molecular flexibility index (Phi) is 18.3. The summed E-state index contributed by atoms with van der Waals surface area (Å²) in [7, 11) is 0. The lowest BCUT2D eigenvalue weighted by Crippen LogP contribution is -2.36. The van der Waals surface area contributed by atoms with Crippen LogP contribution in [0.3, 0.4) is 0 Å². The number of nitrogens with one attached hydrogen (secondary N) is 1. The van der Waals surface area contributed by atoms with Gasteiger partial charge in [0.1, 0.15) is 12.4 Å². The molecular formula is C28H55N2+. The average molecular weight is 420 g/mol. The summed E-state index contributed by atoms with van der Waals surface area (Å²) in [6.07, 6.45) is 32.6. The molecule has 1 heterocycles. The molecule has 0 fully saturated rings. The normalized spacial score (nSPS) is 11.6. The summed E-state index contributed by atoms with van der Waals surface area (Å²) in [5.41, 5.74) is 0. The van der Waals surface area contributed by atoms with E-state index in [1.807, 2.05) is 0 Å². The molecule has 176 valence electrons. The zero-order chi connectivity index (χ0) is 21.7. The topological polar surface area (TPSA) is 19.7 Å². The monoisotopic (exact) mass is 419 g/mol. The zero-order valence-corrected chi connectivity index (χ0v) is 21.0. The van der Waals surface area contributed by atoms with Gasteiger partial charge in [-0.25, -0.2) is 9.55 Å². The van der Waals surface area contributed by atoms with Gasteiger partial charge in [-0.3, -0.25) is 0 Å². The van der Waals surface area contributed by atoms with E-state index in [4.69, 9.17) is 0 Å². The molecule has 0 saturated carbocycles. The maximum atomic E-state index is 3.48. The van der Waals surface area contributed by atoms with Crippen molar-refractivity contribution in [2.45, 2.75) is 156 Å². The van der Waals surface area contributed by atoms with Gasteiger partial charge in [0.2, 0.25) is 0 Å². The third kappa shape index (κ3) is 16.0. The van der Waals surface area contributed by atoms with E-state index in [0.29, 0.717) is 0 Å². The van der Waals surface area contributed by atoms with Gasteiger partial charge in [0.15, 0.2) is 0 Å². The van der Waals surface area contributed by atoms with E-state index in [2.05, 4.69) is 42.7 Å². The number of hydrogen-bond acceptors (Lipinski definition) is 0. The summed E-state index contributed by atoms with van der Waals surface area (Å²) in [4.78, 5) is 3.48. The van der Waals surface area contributed by atoms with Crippen LogP contribution in [-0.4, -0.2) is 4.98 Å². The van der Waals surface area contributed by atoms with Crippen molar-refractivity contribution < 1.29 is 4.57 Å². The van der Waals surface area contributed by atoms with Gasteiger partial charge in [-0.15, -0.1) is 0 Å². The highest BCUT2D eigenvalue weighted by atomic mass is 15.1. The number of H-pyrrole nitrogens is 1. The second kappa shape index (κ2) is 20.1. The molecule has 0 amide bonds. The summed E-state index contributed by atoms with van der Waals surface area (Å²) in [5, 5.41) is 0. The first-order chi connectivity index (χ1) is 14.7. The minimum atomic E-state index is 0.869. The molecule has 1 N–H and O–H groups in total. The van der Waals surface area contributed by atoms with Crippen molar-refractivity contribution in [2.24, 2.45) is 5.92 Å². The van der Waals surface area contributed by atoms with Crippen LogP contribution in [-0.2, 0) is 13.0 Å². The molecule has 0 aliphatic carbocycles. The van der Waals surface area contributed by atoms with Crippen LogP contribution in [0.2, 0.25) is 0 Å². The summed E-state index contributed by atoms with van der Waals surface area (Å²) in [6, 6.07) is 0. The predicted octanol–water partition coefficient (Wildman–Crippen LogP) is 8.93. The minimum absolute atomic E-state index is 0.869. The molecule has 1 rings (SSSR count). The number of rotatable bonds is 22. The van der Waals surface area contributed by atoms with Crippen molar-refractivity contribution in [1.82, 2.24) is 4.98 Å². The number of aromatic amines is 1. The molecule has 0 aliphatic heterocycles. The first-order valence-electron chi connectivity index (χ1n) is 13.8. The quantitative estimate of drug-likeness (QED) is 0.143. The Hall–Kier alpha value is -0.790. The second-order valence-corrected chi connectivity index (χ2v) is 10.0. The fraction of sp³-hybridized carbons (Fsp3) is 0.893. The van der Waals surface area contributed by atoms with E-state index in [0.717, 1.165) is 5.92 Å². The van der Waals surface area contributed by atoms with Gasteiger partial charge >= 0.3 is 0 Å². The maximum Gasteiger partial charge on any atom is 0.254 e. The minimum Gasteiger partial charge on any atom is -0.248 e. The Morgan fingerprint density at radius 2 is 1.17 bits per heavy atom. The van der Waals surface area contributed by atoms with Crippen molar-refractivity contribution in [3.05, 3.63) is 18.2 Å². The first kappa shape index (κ1) is 27.2. The first-order valence-corrected chi connectivity index (χ1v) is 13.8. The lowest BCUT2D eigenvalue weighted by molar-refractivity contribution is -0.703. The number of imidazole rings is 1. The Morgan fingerprint density at radius 3 is 1.73 bits per heavy atom. The third-order valence-corrected chi connectivity index (χ3v) is 6.55. The molecule has 2 nitrogen and oxygen atoms in total. The Morgan fingerprint density at radius 1 is 0.667 bits per heavy atom. The highest BCUT2D eigenvalue weighted by Gasteiger charge is 2.09. The Labute approximate surface area is 189 Å². The molecule has 1 aromatic heterocycles. The maximum absolute atomic E-state index is 3.48. The molecular weight excluding hydrogens is 364 g/mol. The third-order valence-electron chi connectivity index (χ3n) is 6.55. The van der Waals surface area contributed by atoms with Crippen LogP contribution < -0.4 is 4.57 Å².